The quantitative estimate of drug-likeness (QED) is 0.776. The predicted molar refractivity (Wildman–Crippen MR) is 71.9 cm³/mol. The molecule has 2 aliphatic rings. The van der Waals surface area contributed by atoms with Crippen molar-refractivity contribution < 1.29 is 9.59 Å². The van der Waals surface area contributed by atoms with Gasteiger partial charge in [-0.05, 0) is 32.9 Å². The van der Waals surface area contributed by atoms with E-state index in [1.54, 1.807) is 0 Å². The maximum absolute atomic E-state index is 12.5. The molecular weight excluding hydrogens is 258 g/mol. The van der Waals surface area contributed by atoms with Gasteiger partial charge in [-0.1, -0.05) is 0 Å². The molecule has 3 heterocycles. The van der Waals surface area contributed by atoms with Crippen LogP contribution in [0.3, 0.4) is 0 Å². The Morgan fingerprint density at radius 3 is 2.85 bits per heavy atom. The smallest absolute Gasteiger partial charge is 0.322 e. The molecule has 2 N–H and O–H groups in total. The first-order chi connectivity index (χ1) is 9.52. The van der Waals surface area contributed by atoms with E-state index >= 15 is 0 Å². The molecule has 1 aromatic heterocycles. The first-order valence-corrected chi connectivity index (χ1v) is 6.91. The molecule has 0 saturated carbocycles. The minimum absolute atomic E-state index is 0.147. The van der Waals surface area contributed by atoms with Gasteiger partial charge in [-0.2, -0.15) is 5.10 Å². The van der Waals surface area contributed by atoms with E-state index in [9.17, 15) is 9.59 Å². The number of carbonyl (C=O) groups excluding carboxylic acids is 2. The molecule has 1 aromatic rings. The summed E-state index contributed by atoms with van der Waals surface area (Å²) < 4.78 is 1.82. The molecule has 3 rings (SSSR count). The van der Waals surface area contributed by atoms with Crippen molar-refractivity contribution in [2.24, 2.45) is 0 Å². The third-order valence-corrected chi connectivity index (χ3v) is 3.91. The van der Waals surface area contributed by atoms with E-state index in [0.29, 0.717) is 13.0 Å². The van der Waals surface area contributed by atoms with Gasteiger partial charge in [0.05, 0.1) is 12.2 Å². The van der Waals surface area contributed by atoms with Crippen molar-refractivity contribution in [3.8, 4) is 0 Å². The lowest BCUT2D eigenvalue weighted by Gasteiger charge is -2.18. The highest BCUT2D eigenvalue weighted by Gasteiger charge is 2.52. The summed E-state index contributed by atoms with van der Waals surface area (Å²) in [4.78, 5) is 25.7. The van der Waals surface area contributed by atoms with Gasteiger partial charge in [0.2, 0.25) is 0 Å². The Kier molecular flexibility index (Phi) is 3.01. The first kappa shape index (κ1) is 13.1. The third-order valence-electron chi connectivity index (χ3n) is 3.91. The van der Waals surface area contributed by atoms with Crippen LogP contribution in [0.5, 0.6) is 0 Å². The van der Waals surface area contributed by atoms with Gasteiger partial charge in [0.1, 0.15) is 5.54 Å². The number of nitrogens with zero attached hydrogens (tertiary/aromatic N) is 3. The average Bonchev–Trinajstić information content (AvgIpc) is 3.08. The summed E-state index contributed by atoms with van der Waals surface area (Å²) in [6.45, 7) is 5.55. The lowest BCUT2D eigenvalue weighted by molar-refractivity contribution is -0.131. The van der Waals surface area contributed by atoms with E-state index in [0.717, 1.165) is 12.2 Å². The second-order valence-electron chi connectivity index (χ2n) is 5.71. The van der Waals surface area contributed by atoms with E-state index < -0.39 is 5.54 Å². The van der Waals surface area contributed by atoms with Gasteiger partial charge in [0.25, 0.3) is 5.91 Å². The summed E-state index contributed by atoms with van der Waals surface area (Å²) in [5.41, 5.74) is -0.0114. The first-order valence-electron chi connectivity index (χ1n) is 6.91. The van der Waals surface area contributed by atoms with Crippen LogP contribution in [0.2, 0.25) is 0 Å². The Bertz CT molecular complexity index is 545. The molecule has 0 aromatic carbocycles. The fraction of sp³-hybridized carbons (Fsp3) is 0.615. The van der Waals surface area contributed by atoms with E-state index in [2.05, 4.69) is 15.7 Å². The minimum Gasteiger partial charge on any atom is -0.322 e. The molecule has 0 bridgehead atoms. The standard InChI is InChI=1S/C13H19N5O2/c1-9(2)18-6-3-10(16-18)7-17-11(19)13(15-12(17)20)4-5-14-8-13/h3,6,9,14H,4-5,7-8H2,1-2H3,(H,15,20). The molecule has 0 aliphatic carbocycles. The molecule has 2 fully saturated rings. The Morgan fingerprint density at radius 2 is 2.25 bits per heavy atom. The van der Waals surface area contributed by atoms with Crippen LogP contribution in [0, 0.1) is 0 Å². The van der Waals surface area contributed by atoms with Crippen molar-refractivity contribution in [1.29, 1.82) is 0 Å². The van der Waals surface area contributed by atoms with Crippen molar-refractivity contribution in [2.45, 2.75) is 38.4 Å². The van der Waals surface area contributed by atoms with Gasteiger partial charge in [-0.3, -0.25) is 14.4 Å². The van der Waals surface area contributed by atoms with Gasteiger partial charge < -0.3 is 10.6 Å². The number of carbonyl (C=O) groups is 2. The van der Waals surface area contributed by atoms with E-state index in [1.807, 2.05) is 30.8 Å². The molecule has 1 atom stereocenters. The summed E-state index contributed by atoms with van der Waals surface area (Å²) in [5.74, 6) is -0.147. The van der Waals surface area contributed by atoms with Crippen LogP contribution in [0.15, 0.2) is 12.3 Å². The predicted octanol–water partition coefficient (Wildman–Crippen LogP) is 0.248. The van der Waals surface area contributed by atoms with Crippen LogP contribution in [0.25, 0.3) is 0 Å². The normalized spacial score (nSPS) is 26.1. The van der Waals surface area contributed by atoms with Crippen molar-refractivity contribution in [1.82, 2.24) is 25.3 Å². The Morgan fingerprint density at radius 1 is 1.45 bits per heavy atom. The highest BCUT2D eigenvalue weighted by molar-refractivity contribution is 6.07. The van der Waals surface area contributed by atoms with Crippen LogP contribution in [0.4, 0.5) is 4.79 Å². The van der Waals surface area contributed by atoms with Crippen molar-refractivity contribution in [2.75, 3.05) is 13.1 Å². The molecule has 2 aliphatic heterocycles. The molecule has 108 valence electrons. The number of imide groups is 1. The zero-order valence-corrected chi connectivity index (χ0v) is 11.7. The van der Waals surface area contributed by atoms with Crippen LogP contribution < -0.4 is 10.6 Å². The minimum atomic E-state index is -0.738. The molecule has 20 heavy (non-hydrogen) atoms. The van der Waals surface area contributed by atoms with Crippen molar-refractivity contribution >= 4 is 11.9 Å². The fourth-order valence-electron chi connectivity index (χ4n) is 2.71. The largest absolute Gasteiger partial charge is 0.325 e. The van der Waals surface area contributed by atoms with Crippen LogP contribution >= 0.6 is 0 Å². The maximum atomic E-state index is 12.5. The molecule has 1 unspecified atom stereocenters. The molecule has 2 saturated heterocycles. The zero-order chi connectivity index (χ0) is 14.3. The summed E-state index contributed by atoms with van der Waals surface area (Å²) in [7, 11) is 0. The Hall–Kier alpha value is -1.89. The number of rotatable bonds is 3. The van der Waals surface area contributed by atoms with Gasteiger partial charge in [-0.15, -0.1) is 0 Å². The highest BCUT2D eigenvalue weighted by atomic mass is 16.2. The summed E-state index contributed by atoms with van der Waals surface area (Å²) in [6, 6.07) is 1.79. The lowest BCUT2D eigenvalue weighted by atomic mass is 9.99. The molecule has 1 spiro atoms. The number of amides is 3. The Balaban J connectivity index is 1.76. The molecular formula is C13H19N5O2. The highest BCUT2D eigenvalue weighted by Crippen LogP contribution is 2.25. The zero-order valence-electron chi connectivity index (χ0n) is 11.7. The number of hydrogen-bond donors (Lipinski definition) is 2. The van der Waals surface area contributed by atoms with Crippen LogP contribution in [-0.2, 0) is 11.3 Å². The van der Waals surface area contributed by atoms with Crippen molar-refractivity contribution in [3.05, 3.63) is 18.0 Å². The SMILES string of the molecule is CC(C)n1ccc(CN2C(=O)NC3(CCNC3)C2=O)n1. The lowest BCUT2D eigenvalue weighted by Crippen LogP contribution is -2.48. The average molecular weight is 277 g/mol. The monoisotopic (exact) mass is 277 g/mol. The van der Waals surface area contributed by atoms with Crippen LogP contribution in [-0.4, -0.2) is 45.2 Å². The second kappa shape index (κ2) is 4.59. The number of nitrogens with one attached hydrogen (secondary N) is 2. The van der Waals surface area contributed by atoms with Gasteiger partial charge in [0.15, 0.2) is 0 Å². The maximum Gasteiger partial charge on any atom is 0.325 e. The molecule has 7 heteroatoms. The van der Waals surface area contributed by atoms with E-state index in [-0.39, 0.29) is 24.5 Å². The Labute approximate surface area is 117 Å². The van der Waals surface area contributed by atoms with Gasteiger partial charge in [0, 0.05) is 18.8 Å². The van der Waals surface area contributed by atoms with Gasteiger partial charge in [-0.25, -0.2) is 4.79 Å². The third kappa shape index (κ3) is 1.98. The molecule has 3 amide bonds. The summed E-state index contributed by atoms with van der Waals surface area (Å²) in [6.07, 6.45) is 2.51. The second-order valence-corrected chi connectivity index (χ2v) is 5.71. The van der Waals surface area contributed by atoms with Gasteiger partial charge >= 0.3 is 6.03 Å². The number of hydrogen-bond acceptors (Lipinski definition) is 4. The van der Waals surface area contributed by atoms with E-state index in [4.69, 9.17) is 0 Å². The molecule has 7 nitrogen and oxygen atoms in total. The summed E-state index contributed by atoms with van der Waals surface area (Å²) >= 11 is 0. The topological polar surface area (TPSA) is 79.3 Å². The van der Waals surface area contributed by atoms with E-state index in [1.165, 1.54) is 4.90 Å². The number of urea groups is 1. The number of aromatic nitrogens is 2. The van der Waals surface area contributed by atoms with Crippen LogP contribution in [0.1, 0.15) is 32.0 Å². The van der Waals surface area contributed by atoms with Crippen molar-refractivity contribution in [3.63, 3.8) is 0 Å². The fourth-order valence-corrected chi connectivity index (χ4v) is 2.71. The summed E-state index contributed by atoms with van der Waals surface area (Å²) in [5, 5.41) is 10.3. The molecule has 0 radical (unpaired) electrons.